The van der Waals surface area contributed by atoms with E-state index in [9.17, 15) is 14.9 Å². The molecule has 1 N–H and O–H groups in total. The molecule has 8 heteroatoms. The monoisotopic (exact) mass is 389 g/mol. The van der Waals surface area contributed by atoms with E-state index in [2.05, 4.69) is 17.2 Å². The van der Waals surface area contributed by atoms with Crippen molar-refractivity contribution in [3.05, 3.63) is 58.3 Å². The highest BCUT2D eigenvalue weighted by Gasteiger charge is 2.16. The smallest absolute Gasteiger partial charge is 0.269 e. The zero-order valence-electron chi connectivity index (χ0n) is 15.4. The van der Waals surface area contributed by atoms with Crippen molar-refractivity contribution in [3.8, 4) is 5.88 Å². The van der Waals surface area contributed by atoms with Gasteiger partial charge < -0.3 is 10.1 Å². The summed E-state index contributed by atoms with van der Waals surface area (Å²) in [6.45, 7) is 4.82. The lowest BCUT2D eigenvalue weighted by molar-refractivity contribution is -0.384. The zero-order chi connectivity index (χ0) is 19.6. The number of hydrogen-bond donors (Lipinski definition) is 1. The molecule has 27 heavy (non-hydrogen) atoms. The summed E-state index contributed by atoms with van der Waals surface area (Å²) in [6, 6.07) is 9.84. The Balaban J connectivity index is 1.88. The SMILES string of the molecule is CCCCOc1ncccc1CNC(=O)C(C)Sc1ccc([N+](=O)[O-])cc1. The summed E-state index contributed by atoms with van der Waals surface area (Å²) in [5, 5.41) is 13.2. The van der Waals surface area contributed by atoms with Gasteiger partial charge in [-0.05, 0) is 31.5 Å². The van der Waals surface area contributed by atoms with Crippen LogP contribution in [0.4, 0.5) is 5.69 Å². The fourth-order valence-electron chi connectivity index (χ4n) is 2.23. The second-order valence-corrected chi connectivity index (χ2v) is 7.31. The molecule has 1 unspecified atom stereocenters. The third kappa shape index (κ3) is 6.56. The number of nitro groups is 1. The van der Waals surface area contributed by atoms with Crippen LogP contribution in [-0.2, 0) is 11.3 Å². The van der Waals surface area contributed by atoms with Gasteiger partial charge in [0.05, 0.1) is 16.8 Å². The van der Waals surface area contributed by atoms with Crippen molar-refractivity contribution < 1.29 is 14.5 Å². The van der Waals surface area contributed by atoms with Gasteiger partial charge in [0.15, 0.2) is 0 Å². The maximum absolute atomic E-state index is 12.4. The number of pyridine rings is 1. The van der Waals surface area contributed by atoms with Gasteiger partial charge in [0, 0.05) is 35.3 Å². The van der Waals surface area contributed by atoms with Crippen LogP contribution in [0.2, 0.25) is 0 Å². The maximum Gasteiger partial charge on any atom is 0.269 e. The minimum absolute atomic E-state index is 0.0311. The number of unbranched alkanes of at least 4 members (excludes halogenated alkanes) is 1. The Labute approximate surface area is 162 Å². The Morgan fingerprint density at radius 3 is 2.74 bits per heavy atom. The summed E-state index contributed by atoms with van der Waals surface area (Å²) in [7, 11) is 0. The molecule has 0 radical (unpaired) electrons. The minimum Gasteiger partial charge on any atom is -0.477 e. The van der Waals surface area contributed by atoms with Crippen LogP contribution in [0.3, 0.4) is 0 Å². The summed E-state index contributed by atoms with van der Waals surface area (Å²) in [4.78, 5) is 27.6. The molecular formula is C19H23N3O4S. The van der Waals surface area contributed by atoms with Crippen LogP contribution >= 0.6 is 11.8 Å². The highest BCUT2D eigenvalue weighted by atomic mass is 32.2. The molecule has 2 aromatic rings. The molecule has 1 atom stereocenters. The third-order valence-electron chi connectivity index (χ3n) is 3.77. The standard InChI is InChI=1S/C19H23N3O4S/c1-3-4-12-26-19-15(6-5-11-20-19)13-21-18(23)14(2)27-17-9-7-16(8-10-17)22(24)25/h5-11,14H,3-4,12-13H2,1-2H3,(H,21,23). The lowest BCUT2D eigenvalue weighted by atomic mass is 10.2. The molecule has 0 bridgehead atoms. The Hall–Kier alpha value is -2.61. The van der Waals surface area contributed by atoms with Crippen LogP contribution in [0.25, 0.3) is 0 Å². The Morgan fingerprint density at radius 2 is 2.07 bits per heavy atom. The number of nitrogens with zero attached hydrogens (tertiary/aromatic N) is 2. The number of nitrogens with one attached hydrogen (secondary N) is 1. The Kier molecular flexibility index (Phi) is 8.06. The number of rotatable bonds is 10. The summed E-state index contributed by atoms with van der Waals surface area (Å²) in [5.41, 5.74) is 0.859. The first-order valence-corrected chi connectivity index (χ1v) is 9.64. The molecule has 0 fully saturated rings. The van der Waals surface area contributed by atoms with E-state index in [4.69, 9.17) is 4.74 Å². The number of amides is 1. The topological polar surface area (TPSA) is 94.4 Å². The number of aromatic nitrogens is 1. The first kappa shape index (κ1) is 20.7. The second-order valence-electron chi connectivity index (χ2n) is 5.90. The van der Waals surface area contributed by atoms with Gasteiger partial charge in [0.2, 0.25) is 11.8 Å². The Morgan fingerprint density at radius 1 is 1.33 bits per heavy atom. The number of benzene rings is 1. The van der Waals surface area contributed by atoms with Crippen LogP contribution < -0.4 is 10.1 Å². The highest BCUT2D eigenvalue weighted by Crippen LogP contribution is 2.25. The van der Waals surface area contributed by atoms with E-state index >= 15 is 0 Å². The quantitative estimate of drug-likeness (QED) is 0.286. The molecule has 7 nitrogen and oxygen atoms in total. The minimum atomic E-state index is -0.446. The van der Waals surface area contributed by atoms with E-state index in [0.29, 0.717) is 19.0 Å². The molecule has 144 valence electrons. The van der Waals surface area contributed by atoms with Gasteiger partial charge in [-0.25, -0.2) is 4.98 Å². The molecule has 0 aliphatic rings. The molecule has 0 aliphatic heterocycles. The molecule has 0 saturated carbocycles. The number of ether oxygens (including phenoxy) is 1. The summed E-state index contributed by atoms with van der Waals surface area (Å²) < 4.78 is 5.67. The van der Waals surface area contributed by atoms with Crippen molar-refractivity contribution in [2.75, 3.05) is 6.61 Å². The molecule has 1 aromatic carbocycles. The van der Waals surface area contributed by atoms with Crippen LogP contribution in [0.15, 0.2) is 47.5 Å². The summed E-state index contributed by atoms with van der Waals surface area (Å²) in [5.74, 6) is 0.420. The maximum atomic E-state index is 12.4. The zero-order valence-corrected chi connectivity index (χ0v) is 16.2. The van der Waals surface area contributed by atoms with Gasteiger partial charge in [-0.2, -0.15) is 0 Å². The van der Waals surface area contributed by atoms with Crippen LogP contribution in [-0.4, -0.2) is 27.7 Å². The molecule has 0 saturated heterocycles. The van der Waals surface area contributed by atoms with E-state index in [0.717, 1.165) is 23.3 Å². The molecule has 1 heterocycles. The molecule has 2 rings (SSSR count). The number of thioether (sulfide) groups is 1. The summed E-state index contributed by atoms with van der Waals surface area (Å²) in [6.07, 6.45) is 3.65. The third-order valence-corrected chi connectivity index (χ3v) is 4.88. The van der Waals surface area contributed by atoms with E-state index < -0.39 is 4.92 Å². The average molecular weight is 389 g/mol. The fourth-order valence-corrected chi connectivity index (χ4v) is 3.12. The molecule has 0 aliphatic carbocycles. The lowest BCUT2D eigenvalue weighted by Crippen LogP contribution is -2.30. The van der Waals surface area contributed by atoms with Crippen LogP contribution in [0, 0.1) is 10.1 Å². The number of carbonyl (C=O) groups is 1. The fraction of sp³-hybridized carbons (Fsp3) is 0.368. The van der Waals surface area contributed by atoms with Gasteiger partial charge in [-0.15, -0.1) is 11.8 Å². The van der Waals surface area contributed by atoms with Crippen molar-refractivity contribution in [2.45, 2.75) is 43.4 Å². The van der Waals surface area contributed by atoms with Gasteiger partial charge in [0.25, 0.3) is 5.69 Å². The predicted octanol–water partition coefficient (Wildman–Crippen LogP) is 3.97. The first-order valence-electron chi connectivity index (χ1n) is 8.76. The number of non-ortho nitro benzene ring substituents is 1. The second kappa shape index (κ2) is 10.5. The molecule has 1 aromatic heterocycles. The van der Waals surface area contributed by atoms with Crippen LogP contribution in [0.5, 0.6) is 5.88 Å². The molecule has 1 amide bonds. The van der Waals surface area contributed by atoms with Gasteiger partial charge in [-0.1, -0.05) is 19.4 Å². The van der Waals surface area contributed by atoms with Gasteiger partial charge in [-0.3, -0.25) is 14.9 Å². The van der Waals surface area contributed by atoms with Crippen molar-refractivity contribution in [1.29, 1.82) is 0 Å². The molecule has 0 spiro atoms. The lowest BCUT2D eigenvalue weighted by Gasteiger charge is -2.14. The first-order chi connectivity index (χ1) is 13.0. The van der Waals surface area contributed by atoms with Crippen molar-refractivity contribution in [2.24, 2.45) is 0 Å². The van der Waals surface area contributed by atoms with Crippen molar-refractivity contribution >= 4 is 23.4 Å². The van der Waals surface area contributed by atoms with Gasteiger partial charge >= 0.3 is 0 Å². The summed E-state index contributed by atoms with van der Waals surface area (Å²) >= 11 is 1.35. The van der Waals surface area contributed by atoms with Gasteiger partial charge in [0.1, 0.15) is 0 Å². The van der Waals surface area contributed by atoms with Crippen molar-refractivity contribution in [3.63, 3.8) is 0 Å². The number of carbonyl (C=O) groups excluding carboxylic acids is 1. The highest BCUT2D eigenvalue weighted by molar-refractivity contribution is 8.00. The van der Waals surface area contributed by atoms with Crippen LogP contribution in [0.1, 0.15) is 32.3 Å². The average Bonchev–Trinajstić information content (AvgIpc) is 2.67. The normalized spacial score (nSPS) is 11.6. The Bertz CT molecular complexity index is 768. The van der Waals surface area contributed by atoms with E-state index in [1.807, 2.05) is 12.1 Å². The number of nitro benzene ring substituents is 1. The molecular weight excluding hydrogens is 366 g/mol. The number of hydrogen-bond acceptors (Lipinski definition) is 6. The predicted molar refractivity (Wildman–Crippen MR) is 105 cm³/mol. The largest absolute Gasteiger partial charge is 0.477 e. The van der Waals surface area contributed by atoms with Crippen molar-refractivity contribution in [1.82, 2.24) is 10.3 Å². The van der Waals surface area contributed by atoms with E-state index in [1.165, 1.54) is 23.9 Å². The van der Waals surface area contributed by atoms with E-state index in [1.54, 1.807) is 25.3 Å². The van der Waals surface area contributed by atoms with E-state index in [-0.39, 0.29) is 16.8 Å².